The fourth-order valence-electron chi connectivity index (χ4n) is 2.17. The molecule has 1 N–H and O–H groups in total. The van der Waals surface area contributed by atoms with Crippen LogP contribution in [0.3, 0.4) is 0 Å². The standard InChI is InChI=1S/C12H13ClN2O/c13-10-7-9-1-6-16-12(9)11(8-10)15-4-2-14-3-5-15/h1,6-8,14H,2-5H2. The van der Waals surface area contributed by atoms with Gasteiger partial charge in [0, 0.05) is 36.6 Å². The smallest absolute Gasteiger partial charge is 0.157 e. The summed E-state index contributed by atoms with van der Waals surface area (Å²) in [4.78, 5) is 2.31. The van der Waals surface area contributed by atoms with E-state index in [4.69, 9.17) is 16.0 Å². The molecule has 0 saturated carbocycles. The molecule has 0 spiro atoms. The predicted molar refractivity (Wildman–Crippen MR) is 66.3 cm³/mol. The van der Waals surface area contributed by atoms with Crippen molar-refractivity contribution in [1.29, 1.82) is 0 Å². The van der Waals surface area contributed by atoms with E-state index in [1.54, 1.807) is 6.26 Å². The van der Waals surface area contributed by atoms with Crippen molar-refractivity contribution >= 4 is 28.3 Å². The van der Waals surface area contributed by atoms with E-state index in [-0.39, 0.29) is 0 Å². The summed E-state index contributed by atoms with van der Waals surface area (Å²) in [6.45, 7) is 4.01. The van der Waals surface area contributed by atoms with Crippen molar-refractivity contribution in [3.05, 3.63) is 29.5 Å². The summed E-state index contributed by atoms with van der Waals surface area (Å²) in [5, 5.41) is 5.17. The number of fused-ring (bicyclic) bond motifs is 1. The van der Waals surface area contributed by atoms with Crippen LogP contribution in [0.4, 0.5) is 5.69 Å². The van der Waals surface area contributed by atoms with Crippen LogP contribution in [0.5, 0.6) is 0 Å². The maximum absolute atomic E-state index is 6.12. The van der Waals surface area contributed by atoms with E-state index in [9.17, 15) is 0 Å². The van der Waals surface area contributed by atoms with E-state index in [0.717, 1.165) is 47.9 Å². The second-order valence-corrected chi connectivity index (χ2v) is 4.44. The van der Waals surface area contributed by atoms with Crippen LogP contribution in [0.15, 0.2) is 28.9 Å². The molecule has 0 unspecified atom stereocenters. The van der Waals surface area contributed by atoms with Gasteiger partial charge in [-0.2, -0.15) is 0 Å². The minimum absolute atomic E-state index is 0.766. The van der Waals surface area contributed by atoms with Crippen LogP contribution < -0.4 is 10.2 Å². The molecule has 84 valence electrons. The van der Waals surface area contributed by atoms with Gasteiger partial charge in [0.15, 0.2) is 5.58 Å². The van der Waals surface area contributed by atoms with E-state index in [1.807, 2.05) is 18.2 Å². The van der Waals surface area contributed by atoms with Gasteiger partial charge in [0.2, 0.25) is 0 Å². The Morgan fingerprint density at radius 1 is 1.25 bits per heavy atom. The molecule has 4 heteroatoms. The fraction of sp³-hybridized carbons (Fsp3) is 0.333. The molecule has 0 amide bonds. The predicted octanol–water partition coefficient (Wildman–Crippen LogP) is 2.50. The van der Waals surface area contributed by atoms with E-state index < -0.39 is 0 Å². The molecular weight excluding hydrogens is 224 g/mol. The van der Waals surface area contributed by atoms with Crippen LogP contribution in [0.25, 0.3) is 11.0 Å². The number of benzene rings is 1. The van der Waals surface area contributed by atoms with E-state index in [1.165, 1.54) is 0 Å². The van der Waals surface area contributed by atoms with Crippen molar-refractivity contribution in [3.63, 3.8) is 0 Å². The third kappa shape index (κ3) is 1.66. The summed E-state index contributed by atoms with van der Waals surface area (Å²) in [5.74, 6) is 0. The Kier molecular flexibility index (Phi) is 2.50. The monoisotopic (exact) mass is 236 g/mol. The van der Waals surface area contributed by atoms with Crippen molar-refractivity contribution < 1.29 is 4.42 Å². The molecule has 1 aliphatic rings. The highest BCUT2D eigenvalue weighted by Gasteiger charge is 2.15. The molecule has 0 radical (unpaired) electrons. The highest BCUT2D eigenvalue weighted by molar-refractivity contribution is 6.31. The lowest BCUT2D eigenvalue weighted by molar-refractivity contribution is 0.579. The van der Waals surface area contributed by atoms with Crippen molar-refractivity contribution in [1.82, 2.24) is 5.32 Å². The number of nitrogens with zero attached hydrogens (tertiary/aromatic N) is 1. The number of anilines is 1. The number of hydrogen-bond donors (Lipinski definition) is 1. The van der Waals surface area contributed by atoms with Gasteiger partial charge in [0.05, 0.1) is 12.0 Å². The van der Waals surface area contributed by atoms with Gasteiger partial charge in [-0.3, -0.25) is 0 Å². The molecule has 3 nitrogen and oxygen atoms in total. The molecular formula is C12H13ClN2O. The van der Waals surface area contributed by atoms with Gasteiger partial charge in [-0.15, -0.1) is 0 Å². The van der Waals surface area contributed by atoms with Gasteiger partial charge in [-0.1, -0.05) is 11.6 Å². The topological polar surface area (TPSA) is 28.4 Å². The lowest BCUT2D eigenvalue weighted by Crippen LogP contribution is -2.43. The van der Waals surface area contributed by atoms with Gasteiger partial charge < -0.3 is 14.6 Å². The zero-order valence-electron chi connectivity index (χ0n) is 8.87. The first-order valence-electron chi connectivity index (χ1n) is 5.47. The third-order valence-electron chi connectivity index (χ3n) is 2.95. The Labute approximate surface area is 99.0 Å². The summed E-state index contributed by atoms with van der Waals surface area (Å²) in [7, 11) is 0. The van der Waals surface area contributed by atoms with Gasteiger partial charge in [0.1, 0.15) is 0 Å². The highest BCUT2D eigenvalue weighted by Crippen LogP contribution is 2.31. The normalized spacial score (nSPS) is 16.9. The fourth-order valence-corrected chi connectivity index (χ4v) is 2.39. The van der Waals surface area contributed by atoms with Crippen LogP contribution in [0.2, 0.25) is 5.02 Å². The molecule has 2 heterocycles. The lowest BCUT2D eigenvalue weighted by atomic mass is 10.2. The molecule has 1 saturated heterocycles. The molecule has 2 aromatic rings. The van der Waals surface area contributed by atoms with Crippen LogP contribution in [0, 0.1) is 0 Å². The van der Waals surface area contributed by atoms with Crippen molar-refractivity contribution in [3.8, 4) is 0 Å². The number of hydrogen-bond acceptors (Lipinski definition) is 3. The van der Waals surface area contributed by atoms with Gasteiger partial charge in [0.25, 0.3) is 0 Å². The molecule has 0 bridgehead atoms. The Balaban J connectivity index is 2.09. The molecule has 1 aromatic carbocycles. The maximum atomic E-state index is 6.12. The first-order valence-corrected chi connectivity index (χ1v) is 5.85. The summed E-state index contributed by atoms with van der Waals surface area (Å²) < 4.78 is 5.54. The first kappa shape index (κ1) is 10.00. The minimum Gasteiger partial charge on any atom is -0.462 e. The van der Waals surface area contributed by atoms with E-state index in [0.29, 0.717) is 0 Å². The van der Waals surface area contributed by atoms with Gasteiger partial charge in [-0.05, 0) is 18.2 Å². The SMILES string of the molecule is Clc1cc(N2CCNCC2)c2occc2c1. The number of piperazine rings is 1. The molecule has 16 heavy (non-hydrogen) atoms. The lowest BCUT2D eigenvalue weighted by Gasteiger charge is -2.29. The Hall–Kier alpha value is -1.19. The average molecular weight is 237 g/mol. The highest BCUT2D eigenvalue weighted by atomic mass is 35.5. The Bertz CT molecular complexity index is 503. The molecule has 1 aromatic heterocycles. The van der Waals surface area contributed by atoms with Gasteiger partial charge in [-0.25, -0.2) is 0 Å². The third-order valence-corrected chi connectivity index (χ3v) is 3.17. The van der Waals surface area contributed by atoms with Gasteiger partial charge >= 0.3 is 0 Å². The molecule has 1 fully saturated rings. The van der Waals surface area contributed by atoms with Crippen LogP contribution in [-0.4, -0.2) is 26.2 Å². The summed E-state index contributed by atoms with van der Waals surface area (Å²) in [5.41, 5.74) is 2.04. The number of halogens is 1. The molecule has 1 aliphatic heterocycles. The molecule has 0 aliphatic carbocycles. The van der Waals surface area contributed by atoms with Crippen LogP contribution >= 0.6 is 11.6 Å². The quantitative estimate of drug-likeness (QED) is 0.825. The van der Waals surface area contributed by atoms with E-state index >= 15 is 0 Å². The van der Waals surface area contributed by atoms with Crippen LogP contribution in [-0.2, 0) is 0 Å². The summed E-state index contributed by atoms with van der Waals surface area (Å²) in [6.07, 6.45) is 1.71. The van der Waals surface area contributed by atoms with Crippen molar-refractivity contribution in [2.24, 2.45) is 0 Å². The Morgan fingerprint density at radius 2 is 2.06 bits per heavy atom. The number of furan rings is 1. The largest absolute Gasteiger partial charge is 0.462 e. The zero-order valence-corrected chi connectivity index (χ0v) is 9.63. The maximum Gasteiger partial charge on any atom is 0.157 e. The second kappa shape index (κ2) is 4.00. The second-order valence-electron chi connectivity index (χ2n) is 4.00. The number of rotatable bonds is 1. The minimum atomic E-state index is 0.766. The van der Waals surface area contributed by atoms with E-state index in [2.05, 4.69) is 10.2 Å². The molecule has 3 rings (SSSR count). The average Bonchev–Trinajstić information content (AvgIpc) is 2.77. The van der Waals surface area contributed by atoms with Crippen molar-refractivity contribution in [2.75, 3.05) is 31.1 Å². The zero-order chi connectivity index (χ0) is 11.0. The number of nitrogens with one attached hydrogen (secondary N) is 1. The molecule has 0 atom stereocenters. The first-order chi connectivity index (χ1) is 7.84. The summed E-state index contributed by atoms with van der Waals surface area (Å²) in [6, 6.07) is 5.87. The summed E-state index contributed by atoms with van der Waals surface area (Å²) >= 11 is 6.12. The van der Waals surface area contributed by atoms with Crippen molar-refractivity contribution in [2.45, 2.75) is 0 Å². The van der Waals surface area contributed by atoms with Crippen LogP contribution in [0.1, 0.15) is 0 Å². The Morgan fingerprint density at radius 3 is 2.88 bits per heavy atom.